The van der Waals surface area contributed by atoms with E-state index in [1.807, 2.05) is 27.7 Å². The number of aromatic nitrogens is 2. The van der Waals surface area contributed by atoms with Gasteiger partial charge in [-0.1, -0.05) is 38.2 Å². The summed E-state index contributed by atoms with van der Waals surface area (Å²) in [5.74, 6) is -1.41. The van der Waals surface area contributed by atoms with E-state index in [4.69, 9.17) is 4.74 Å². The van der Waals surface area contributed by atoms with Crippen LogP contribution in [0.1, 0.15) is 50.4 Å². The molecule has 1 atom stereocenters. The molecular weight excluding hydrogens is 532 g/mol. The van der Waals surface area contributed by atoms with Gasteiger partial charge in [0.1, 0.15) is 11.5 Å². The second-order valence-electron chi connectivity index (χ2n) is 10.3. The molecule has 1 N–H and O–H groups in total. The largest absolute Gasteiger partial charge is 0.507 e. The molecule has 204 valence electrons. The van der Waals surface area contributed by atoms with E-state index in [2.05, 4.69) is 9.97 Å². The van der Waals surface area contributed by atoms with Crippen molar-refractivity contribution >= 4 is 49.8 Å². The zero-order valence-corrected chi connectivity index (χ0v) is 23.1. The first-order chi connectivity index (χ1) is 19.0. The van der Waals surface area contributed by atoms with Gasteiger partial charge in [-0.3, -0.25) is 29.6 Å². The lowest BCUT2D eigenvalue weighted by atomic mass is 9.84. The Morgan fingerprint density at radius 2 is 1.95 bits per heavy atom. The molecule has 0 saturated carbocycles. The van der Waals surface area contributed by atoms with Gasteiger partial charge >= 0.3 is 5.91 Å². The summed E-state index contributed by atoms with van der Waals surface area (Å²) < 4.78 is 6.28. The highest BCUT2D eigenvalue weighted by atomic mass is 32.1. The average molecular weight is 559 g/mol. The molecule has 2 aromatic heterocycles. The second-order valence-corrected chi connectivity index (χ2v) is 11.3. The Morgan fingerprint density at radius 1 is 1.18 bits per heavy atom. The van der Waals surface area contributed by atoms with Crippen LogP contribution in [-0.4, -0.2) is 38.3 Å². The van der Waals surface area contributed by atoms with Crippen LogP contribution in [0.25, 0.3) is 16.0 Å². The number of non-ortho nitro benzene ring substituents is 1. The number of thiazole rings is 1. The maximum absolute atomic E-state index is 13.5. The number of rotatable bonds is 6. The maximum Gasteiger partial charge on any atom is 0.301 e. The van der Waals surface area contributed by atoms with Crippen molar-refractivity contribution in [2.75, 3.05) is 11.5 Å². The van der Waals surface area contributed by atoms with E-state index in [9.17, 15) is 24.8 Å². The third kappa shape index (κ3) is 4.68. The van der Waals surface area contributed by atoms with Gasteiger partial charge in [-0.15, -0.1) is 0 Å². The average Bonchev–Trinajstić information content (AvgIpc) is 3.46. The Morgan fingerprint density at radius 3 is 2.60 bits per heavy atom. The Hall–Kier alpha value is -4.64. The minimum atomic E-state index is -1.02. The zero-order valence-electron chi connectivity index (χ0n) is 22.2. The van der Waals surface area contributed by atoms with Crippen molar-refractivity contribution < 1.29 is 24.4 Å². The third-order valence-electron chi connectivity index (χ3n) is 6.58. The van der Waals surface area contributed by atoms with Gasteiger partial charge in [-0.25, -0.2) is 4.98 Å². The van der Waals surface area contributed by atoms with Crippen LogP contribution < -0.4 is 9.64 Å². The molecule has 4 aromatic rings. The molecule has 0 radical (unpaired) electrons. The molecule has 11 heteroatoms. The summed E-state index contributed by atoms with van der Waals surface area (Å²) in [4.78, 5) is 47.7. The number of ketones is 1. The summed E-state index contributed by atoms with van der Waals surface area (Å²) in [6.45, 7) is 8.39. The summed E-state index contributed by atoms with van der Waals surface area (Å²) in [6, 6.07) is 11.7. The summed E-state index contributed by atoms with van der Waals surface area (Å²) >= 11 is 1.05. The Balaban J connectivity index is 1.70. The highest BCUT2D eigenvalue weighted by molar-refractivity contribution is 7.22. The molecule has 1 aliphatic heterocycles. The molecular formula is C29H26N4O6S. The van der Waals surface area contributed by atoms with E-state index in [0.717, 1.165) is 16.9 Å². The van der Waals surface area contributed by atoms with Crippen LogP contribution in [0.2, 0.25) is 0 Å². The van der Waals surface area contributed by atoms with Crippen molar-refractivity contribution in [2.45, 2.75) is 39.2 Å². The lowest BCUT2D eigenvalue weighted by Gasteiger charge is -2.24. The van der Waals surface area contributed by atoms with Crippen LogP contribution in [-0.2, 0) is 15.0 Å². The second kappa shape index (κ2) is 10.2. The molecule has 1 unspecified atom stereocenters. The Labute approximate surface area is 233 Å². The normalized spacial score (nSPS) is 17.0. The van der Waals surface area contributed by atoms with E-state index in [0.29, 0.717) is 33.7 Å². The number of carbonyl (C=O) groups excluding carboxylic acids is 2. The van der Waals surface area contributed by atoms with Crippen LogP contribution in [0, 0.1) is 10.1 Å². The summed E-state index contributed by atoms with van der Waals surface area (Å²) in [5.41, 5.74) is 1.58. The first-order valence-corrected chi connectivity index (χ1v) is 13.4. The number of ether oxygens (including phenoxy) is 1. The third-order valence-corrected chi connectivity index (χ3v) is 7.60. The van der Waals surface area contributed by atoms with Gasteiger partial charge in [-0.2, -0.15) is 0 Å². The molecule has 1 amide bonds. The first kappa shape index (κ1) is 26.9. The summed E-state index contributed by atoms with van der Waals surface area (Å²) in [6.07, 6.45) is 3.09. The highest BCUT2D eigenvalue weighted by Crippen LogP contribution is 2.45. The number of aliphatic hydroxyl groups excluding tert-OH is 1. The van der Waals surface area contributed by atoms with Gasteiger partial charge in [0.25, 0.3) is 11.5 Å². The lowest BCUT2D eigenvalue weighted by molar-refractivity contribution is -0.384. The molecule has 5 rings (SSSR count). The molecule has 0 bridgehead atoms. The number of carbonyl (C=O) groups is 2. The van der Waals surface area contributed by atoms with E-state index < -0.39 is 22.7 Å². The summed E-state index contributed by atoms with van der Waals surface area (Å²) in [5, 5.41) is 23.0. The van der Waals surface area contributed by atoms with Crippen LogP contribution in [0.4, 0.5) is 10.8 Å². The molecule has 10 nitrogen and oxygen atoms in total. The SMILES string of the molecule is CCOc1ccc(/C(O)=C2\C(=O)C(=O)N(c3nc4ccc([N+](=O)[O-])cc4s3)C2c2cccnc2)cc1C(C)(C)C. The molecule has 2 aromatic carbocycles. The minimum absolute atomic E-state index is 0.104. The fourth-order valence-electron chi connectivity index (χ4n) is 4.70. The molecule has 1 saturated heterocycles. The Kier molecular flexibility index (Phi) is 6.84. The zero-order chi connectivity index (χ0) is 28.8. The van der Waals surface area contributed by atoms with Crippen molar-refractivity contribution in [1.29, 1.82) is 0 Å². The predicted molar refractivity (Wildman–Crippen MR) is 152 cm³/mol. The van der Waals surface area contributed by atoms with Gasteiger partial charge in [0.2, 0.25) is 0 Å². The van der Waals surface area contributed by atoms with Crippen LogP contribution in [0.3, 0.4) is 0 Å². The number of Topliss-reactive ketones (excluding diaryl/α,β-unsaturated/α-hetero) is 1. The van der Waals surface area contributed by atoms with Gasteiger partial charge in [0.15, 0.2) is 5.13 Å². The number of anilines is 1. The number of nitro groups is 1. The number of pyridine rings is 1. The van der Waals surface area contributed by atoms with Gasteiger partial charge in [0, 0.05) is 35.7 Å². The maximum atomic E-state index is 13.5. The predicted octanol–water partition coefficient (Wildman–Crippen LogP) is 5.92. The van der Waals surface area contributed by atoms with Crippen molar-refractivity contribution in [3.05, 3.63) is 93.3 Å². The number of benzene rings is 2. The fraction of sp³-hybridized carbons (Fsp3) is 0.241. The van der Waals surface area contributed by atoms with Crippen LogP contribution >= 0.6 is 11.3 Å². The number of fused-ring (bicyclic) bond motifs is 1. The van der Waals surface area contributed by atoms with E-state index >= 15 is 0 Å². The topological polar surface area (TPSA) is 136 Å². The van der Waals surface area contributed by atoms with Crippen molar-refractivity contribution in [1.82, 2.24) is 9.97 Å². The molecule has 40 heavy (non-hydrogen) atoms. The van der Waals surface area contributed by atoms with Crippen molar-refractivity contribution in [2.24, 2.45) is 0 Å². The highest BCUT2D eigenvalue weighted by Gasteiger charge is 2.48. The van der Waals surface area contributed by atoms with Crippen molar-refractivity contribution in [3.8, 4) is 5.75 Å². The summed E-state index contributed by atoms with van der Waals surface area (Å²) in [7, 11) is 0. The van der Waals surface area contributed by atoms with Gasteiger partial charge < -0.3 is 9.84 Å². The van der Waals surface area contributed by atoms with Crippen LogP contribution in [0.15, 0.2) is 66.5 Å². The molecule has 3 heterocycles. The van der Waals surface area contributed by atoms with E-state index in [1.165, 1.54) is 29.3 Å². The first-order valence-electron chi connectivity index (χ1n) is 12.5. The van der Waals surface area contributed by atoms with E-state index in [1.54, 1.807) is 36.5 Å². The van der Waals surface area contributed by atoms with Crippen LogP contribution in [0.5, 0.6) is 5.75 Å². The number of nitro benzene ring substituents is 1. The standard InChI is InChI=1S/C29H26N4O6S/c1-5-39-21-11-8-16(13-19(21)29(2,3)4)25(34)23-24(17-7-6-12-30-15-17)32(27(36)26(23)35)28-31-20-10-9-18(33(37)38)14-22(20)40-28/h6-15,24,34H,5H2,1-4H3/b25-23+. The number of amides is 1. The number of hydrogen-bond acceptors (Lipinski definition) is 9. The molecule has 0 aliphatic carbocycles. The number of nitrogens with zero attached hydrogens (tertiary/aromatic N) is 4. The van der Waals surface area contributed by atoms with Crippen molar-refractivity contribution in [3.63, 3.8) is 0 Å². The van der Waals surface area contributed by atoms with E-state index in [-0.39, 0.29) is 27.6 Å². The number of aliphatic hydroxyl groups is 1. The molecule has 0 spiro atoms. The minimum Gasteiger partial charge on any atom is -0.507 e. The van der Waals surface area contributed by atoms with Gasteiger partial charge in [0.05, 0.1) is 33.4 Å². The molecule has 1 aliphatic rings. The molecule has 1 fully saturated rings. The monoisotopic (exact) mass is 558 g/mol. The lowest BCUT2D eigenvalue weighted by Crippen LogP contribution is -2.29. The fourth-order valence-corrected chi connectivity index (χ4v) is 5.73. The van der Waals surface area contributed by atoms with Gasteiger partial charge in [-0.05, 0) is 48.2 Å². The smallest absolute Gasteiger partial charge is 0.301 e. The Bertz CT molecular complexity index is 1690. The number of hydrogen-bond donors (Lipinski definition) is 1. The quantitative estimate of drug-likeness (QED) is 0.101.